The summed E-state index contributed by atoms with van der Waals surface area (Å²) < 4.78 is 5.55. The van der Waals surface area contributed by atoms with Crippen LogP contribution in [0, 0.1) is 0 Å². The fraction of sp³-hybridized carbons (Fsp3) is 0.429. The van der Waals surface area contributed by atoms with Crippen LogP contribution in [0.5, 0.6) is 0 Å². The van der Waals surface area contributed by atoms with E-state index >= 15 is 0 Å². The Balaban J connectivity index is 1.51. The van der Waals surface area contributed by atoms with E-state index in [0.29, 0.717) is 6.42 Å². The number of hydrogen-bond acceptors (Lipinski definition) is 3. The monoisotopic (exact) mass is 449 g/mol. The van der Waals surface area contributed by atoms with Gasteiger partial charge in [-0.2, -0.15) is 0 Å². The number of rotatable bonds is 13. The minimum absolute atomic E-state index is 0.0553. The van der Waals surface area contributed by atoms with Crippen molar-refractivity contribution in [3.05, 3.63) is 72.3 Å². The molecule has 0 fully saturated rings. The molecule has 1 atom stereocenters. The quantitative estimate of drug-likeness (QED) is 0.264. The molecule has 5 heteroatoms. The van der Waals surface area contributed by atoms with Crippen LogP contribution in [0.4, 0.5) is 4.79 Å². The number of allylic oxidation sites excluding steroid dienone is 1. The lowest BCUT2D eigenvalue weighted by atomic mass is 9.94. The maximum atomic E-state index is 12.6. The van der Waals surface area contributed by atoms with E-state index in [0.717, 1.165) is 60.8 Å². The largest absolute Gasteiger partial charge is 0.480 e. The number of fused-ring (bicyclic) bond motifs is 3. The Bertz CT molecular complexity index is 924. The van der Waals surface area contributed by atoms with Gasteiger partial charge in [-0.15, -0.1) is 6.58 Å². The number of alkyl carbamates (subject to hydrolysis) is 1. The number of carbonyl (C=O) groups excluding carboxylic acids is 1. The third-order valence-corrected chi connectivity index (χ3v) is 6.53. The molecule has 0 heterocycles. The van der Waals surface area contributed by atoms with Crippen LogP contribution >= 0.6 is 0 Å². The Hall–Kier alpha value is -3.08. The van der Waals surface area contributed by atoms with Crippen LogP contribution in [0.25, 0.3) is 11.1 Å². The highest BCUT2D eigenvalue weighted by atomic mass is 16.5. The van der Waals surface area contributed by atoms with E-state index in [4.69, 9.17) is 4.74 Å². The van der Waals surface area contributed by atoms with Crippen LogP contribution in [0.3, 0.4) is 0 Å². The van der Waals surface area contributed by atoms with E-state index in [9.17, 15) is 14.7 Å². The Morgan fingerprint density at radius 3 is 2.09 bits per heavy atom. The molecule has 0 aliphatic heterocycles. The molecule has 0 unspecified atom stereocenters. The van der Waals surface area contributed by atoms with E-state index in [1.54, 1.807) is 6.92 Å². The number of carbonyl (C=O) groups is 2. The van der Waals surface area contributed by atoms with E-state index in [-0.39, 0.29) is 12.5 Å². The van der Waals surface area contributed by atoms with E-state index in [1.165, 1.54) is 6.42 Å². The lowest BCUT2D eigenvalue weighted by Gasteiger charge is -2.26. The van der Waals surface area contributed by atoms with Crippen molar-refractivity contribution in [3.8, 4) is 11.1 Å². The molecular weight excluding hydrogens is 414 g/mol. The van der Waals surface area contributed by atoms with Crippen molar-refractivity contribution in [2.24, 2.45) is 0 Å². The number of hydrogen-bond donors (Lipinski definition) is 2. The molecule has 1 aliphatic carbocycles. The number of amides is 1. The van der Waals surface area contributed by atoms with Gasteiger partial charge in [0.1, 0.15) is 12.1 Å². The highest BCUT2D eigenvalue weighted by Crippen LogP contribution is 2.44. The van der Waals surface area contributed by atoms with Crippen LogP contribution in [0.1, 0.15) is 75.3 Å². The lowest BCUT2D eigenvalue weighted by Crippen LogP contribution is -2.52. The first-order valence-electron chi connectivity index (χ1n) is 11.9. The summed E-state index contributed by atoms with van der Waals surface area (Å²) in [6.45, 7) is 5.45. The molecule has 0 saturated heterocycles. The molecule has 0 aromatic heterocycles. The average molecular weight is 450 g/mol. The fourth-order valence-electron chi connectivity index (χ4n) is 4.56. The number of nitrogens with one attached hydrogen (secondary N) is 1. The summed E-state index contributed by atoms with van der Waals surface area (Å²) in [5.41, 5.74) is 3.22. The molecular formula is C28H35NO4. The Kier molecular flexibility index (Phi) is 8.70. The van der Waals surface area contributed by atoms with Crippen molar-refractivity contribution in [2.75, 3.05) is 6.61 Å². The topological polar surface area (TPSA) is 75.6 Å². The first-order valence-corrected chi connectivity index (χ1v) is 11.9. The second-order valence-corrected chi connectivity index (χ2v) is 9.04. The minimum Gasteiger partial charge on any atom is -0.480 e. The number of carboxylic acid groups (broad SMARTS) is 1. The van der Waals surface area contributed by atoms with Crippen LogP contribution in [0.15, 0.2) is 61.2 Å². The molecule has 2 aromatic carbocycles. The summed E-state index contributed by atoms with van der Waals surface area (Å²) >= 11 is 0. The fourth-order valence-corrected chi connectivity index (χ4v) is 4.56. The van der Waals surface area contributed by atoms with Crippen LogP contribution in [-0.4, -0.2) is 29.3 Å². The predicted molar refractivity (Wildman–Crippen MR) is 131 cm³/mol. The van der Waals surface area contributed by atoms with Crippen LogP contribution < -0.4 is 5.32 Å². The van der Waals surface area contributed by atoms with E-state index in [1.807, 2.05) is 30.3 Å². The van der Waals surface area contributed by atoms with Crippen LogP contribution in [-0.2, 0) is 9.53 Å². The highest BCUT2D eigenvalue weighted by Gasteiger charge is 2.35. The molecule has 2 N–H and O–H groups in total. The van der Waals surface area contributed by atoms with E-state index < -0.39 is 17.6 Å². The van der Waals surface area contributed by atoms with Gasteiger partial charge in [-0.3, -0.25) is 0 Å². The molecule has 1 aliphatic rings. The first-order chi connectivity index (χ1) is 16.0. The van der Waals surface area contributed by atoms with Gasteiger partial charge in [0.2, 0.25) is 0 Å². The second-order valence-electron chi connectivity index (χ2n) is 9.04. The number of ether oxygens (including phenoxy) is 1. The summed E-state index contributed by atoms with van der Waals surface area (Å²) in [5, 5.41) is 12.4. The Morgan fingerprint density at radius 1 is 0.970 bits per heavy atom. The van der Waals surface area contributed by atoms with Crippen molar-refractivity contribution in [3.63, 3.8) is 0 Å². The van der Waals surface area contributed by atoms with Gasteiger partial charge in [0.25, 0.3) is 0 Å². The number of carboxylic acids is 1. The first kappa shape index (κ1) is 24.6. The van der Waals surface area contributed by atoms with Crippen molar-refractivity contribution < 1.29 is 19.4 Å². The maximum absolute atomic E-state index is 12.6. The molecule has 1 amide bonds. The molecule has 0 bridgehead atoms. The van der Waals surface area contributed by atoms with Gasteiger partial charge in [-0.1, -0.05) is 86.7 Å². The molecule has 0 saturated carbocycles. The van der Waals surface area contributed by atoms with Gasteiger partial charge in [0.05, 0.1) is 0 Å². The Labute approximate surface area is 196 Å². The third kappa shape index (κ3) is 6.25. The number of aliphatic carboxylic acids is 1. The van der Waals surface area contributed by atoms with Gasteiger partial charge in [0.15, 0.2) is 0 Å². The third-order valence-electron chi connectivity index (χ3n) is 6.53. The maximum Gasteiger partial charge on any atom is 0.408 e. The van der Waals surface area contributed by atoms with Crippen molar-refractivity contribution >= 4 is 12.1 Å². The summed E-state index contributed by atoms with van der Waals surface area (Å²) in [7, 11) is 0. The minimum atomic E-state index is -1.34. The number of benzene rings is 2. The molecule has 176 valence electrons. The van der Waals surface area contributed by atoms with Crippen molar-refractivity contribution in [2.45, 2.75) is 69.7 Å². The van der Waals surface area contributed by atoms with Gasteiger partial charge in [-0.25, -0.2) is 9.59 Å². The molecule has 3 rings (SSSR count). The predicted octanol–water partition coefficient (Wildman–Crippen LogP) is 6.68. The van der Waals surface area contributed by atoms with Gasteiger partial charge in [-0.05, 0) is 48.4 Å². The van der Waals surface area contributed by atoms with E-state index in [2.05, 4.69) is 36.2 Å². The normalized spacial score (nSPS) is 14.1. The zero-order valence-corrected chi connectivity index (χ0v) is 19.5. The summed E-state index contributed by atoms with van der Waals surface area (Å²) in [6.07, 6.45) is 8.88. The molecule has 2 aromatic rings. The smallest absolute Gasteiger partial charge is 0.408 e. The molecule has 0 radical (unpaired) electrons. The zero-order valence-electron chi connectivity index (χ0n) is 19.5. The van der Waals surface area contributed by atoms with Gasteiger partial charge < -0.3 is 15.2 Å². The zero-order chi connectivity index (χ0) is 23.7. The van der Waals surface area contributed by atoms with Crippen molar-refractivity contribution in [1.29, 1.82) is 0 Å². The second kappa shape index (κ2) is 11.7. The molecule has 5 nitrogen and oxygen atoms in total. The Morgan fingerprint density at radius 2 is 1.52 bits per heavy atom. The van der Waals surface area contributed by atoms with Crippen LogP contribution in [0.2, 0.25) is 0 Å². The highest BCUT2D eigenvalue weighted by molar-refractivity contribution is 5.84. The summed E-state index contributed by atoms with van der Waals surface area (Å²) in [4.78, 5) is 24.5. The summed E-state index contributed by atoms with van der Waals surface area (Å²) in [6, 6.07) is 16.2. The SMILES string of the molecule is C=CCCCCCCCC[C@](C)(NC(=O)OCC1c2ccccc2-c2ccccc21)C(=O)O. The van der Waals surface area contributed by atoms with Gasteiger partial charge >= 0.3 is 12.1 Å². The lowest BCUT2D eigenvalue weighted by molar-refractivity contribution is -0.144. The van der Waals surface area contributed by atoms with Gasteiger partial charge in [0, 0.05) is 5.92 Å². The van der Waals surface area contributed by atoms with Crippen molar-refractivity contribution in [1.82, 2.24) is 5.32 Å². The standard InChI is InChI=1S/C28H35NO4/c1-3-4-5-6-7-8-9-14-19-28(2,26(30)31)29-27(32)33-20-25-23-17-12-10-15-21(23)22-16-11-13-18-24(22)25/h3,10-13,15-18,25H,1,4-9,14,19-20H2,2H3,(H,29,32)(H,30,31)/t28-/m0/s1. The average Bonchev–Trinajstić information content (AvgIpc) is 3.13. The number of unbranched alkanes of at least 4 members (excludes halogenated alkanes) is 6. The molecule has 0 spiro atoms. The summed E-state index contributed by atoms with van der Waals surface area (Å²) in [5.74, 6) is -1.10. The molecule has 33 heavy (non-hydrogen) atoms.